The Balaban J connectivity index is 1.51. The Morgan fingerprint density at radius 3 is 2.81 bits per heavy atom. The highest BCUT2D eigenvalue weighted by Crippen LogP contribution is 2.30. The van der Waals surface area contributed by atoms with Crippen LogP contribution in [0.5, 0.6) is 0 Å². The van der Waals surface area contributed by atoms with E-state index in [2.05, 4.69) is 16.1 Å². The van der Waals surface area contributed by atoms with E-state index in [1.165, 1.54) is 12.5 Å². The Labute approximate surface area is 159 Å². The number of carbonyl (C=O) groups excluding carboxylic acids is 1. The Bertz CT molecular complexity index is 988. The van der Waals surface area contributed by atoms with Crippen molar-refractivity contribution in [3.63, 3.8) is 0 Å². The summed E-state index contributed by atoms with van der Waals surface area (Å²) in [6, 6.07) is 13.1. The quantitative estimate of drug-likeness (QED) is 0.841. The Morgan fingerprint density at radius 1 is 1.19 bits per heavy atom. The van der Waals surface area contributed by atoms with Crippen LogP contribution in [0.3, 0.4) is 0 Å². The van der Waals surface area contributed by atoms with Gasteiger partial charge in [-0.25, -0.2) is 13.1 Å². The zero-order valence-corrected chi connectivity index (χ0v) is 16.1. The summed E-state index contributed by atoms with van der Waals surface area (Å²) in [5.74, 6) is -0.0236. The van der Waals surface area contributed by atoms with Crippen molar-refractivity contribution in [2.45, 2.75) is 30.7 Å². The van der Waals surface area contributed by atoms with E-state index in [4.69, 9.17) is 0 Å². The molecule has 142 valence electrons. The monoisotopic (exact) mass is 385 g/mol. The molecule has 2 heterocycles. The van der Waals surface area contributed by atoms with Gasteiger partial charge >= 0.3 is 0 Å². The molecule has 0 spiro atoms. The molecule has 0 saturated carbocycles. The first-order valence-corrected chi connectivity index (χ1v) is 10.7. The minimum atomic E-state index is -3.61. The molecule has 0 radical (unpaired) electrons. The van der Waals surface area contributed by atoms with Crippen molar-refractivity contribution in [1.82, 2.24) is 10.0 Å². The summed E-state index contributed by atoms with van der Waals surface area (Å²) < 4.78 is 28.3. The molecule has 0 saturated heterocycles. The molecule has 7 heteroatoms. The third-order valence-corrected chi connectivity index (χ3v) is 6.75. The fourth-order valence-electron chi connectivity index (χ4n) is 3.92. The molecule has 2 aliphatic heterocycles. The van der Waals surface area contributed by atoms with Crippen LogP contribution in [-0.2, 0) is 27.7 Å². The molecule has 6 nitrogen and oxygen atoms in total. The minimum absolute atomic E-state index is 0.0236. The molecule has 1 amide bonds. The fraction of sp³-hybridized carbons (Fsp3) is 0.350. The second-order valence-electron chi connectivity index (χ2n) is 7.02. The van der Waals surface area contributed by atoms with Crippen LogP contribution >= 0.6 is 0 Å². The number of carbonyl (C=O) groups is 1. The number of fused-ring (bicyclic) bond motifs is 2. The Kier molecular flexibility index (Phi) is 4.75. The highest BCUT2D eigenvalue weighted by molar-refractivity contribution is 7.89. The van der Waals surface area contributed by atoms with E-state index in [0.717, 1.165) is 29.8 Å². The number of benzene rings is 2. The maximum atomic E-state index is 12.8. The van der Waals surface area contributed by atoms with Crippen LogP contribution in [-0.4, -0.2) is 34.0 Å². The van der Waals surface area contributed by atoms with Crippen molar-refractivity contribution in [1.29, 1.82) is 0 Å². The van der Waals surface area contributed by atoms with Gasteiger partial charge in [-0.1, -0.05) is 24.3 Å². The van der Waals surface area contributed by atoms with E-state index in [-0.39, 0.29) is 16.8 Å². The summed E-state index contributed by atoms with van der Waals surface area (Å²) in [4.78, 5) is 13.6. The summed E-state index contributed by atoms with van der Waals surface area (Å²) in [5.41, 5.74) is 4.12. The van der Waals surface area contributed by atoms with Gasteiger partial charge in [0.15, 0.2) is 0 Å². The molecule has 0 fully saturated rings. The van der Waals surface area contributed by atoms with Gasteiger partial charge in [0.2, 0.25) is 15.9 Å². The molecular formula is C20H23N3O3S. The molecule has 2 aromatic rings. The van der Waals surface area contributed by atoms with Crippen molar-refractivity contribution in [2.24, 2.45) is 0 Å². The topological polar surface area (TPSA) is 78.5 Å². The Hall–Kier alpha value is -2.22. The molecule has 1 unspecified atom stereocenters. The van der Waals surface area contributed by atoms with Crippen LogP contribution in [0.1, 0.15) is 29.7 Å². The van der Waals surface area contributed by atoms with E-state index in [9.17, 15) is 13.2 Å². The molecule has 4 rings (SSSR count). The van der Waals surface area contributed by atoms with Gasteiger partial charge in [0.25, 0.3) is 0 Å². The SMILES string of the molecule is CC(=O)N1CCc2cc(S(=O)(=O)NCC3NCCc4ccccc43)ccc21. The zero-order chi connectivity index (χ0) is 19.0. The van der Waals surface area contributed by atoms with Crippen molar-refractivity contribution >= 4 is 21.6 Å². The van der Waals surface area contributed by atoms with Gasteiger partial charge in [0.1, 0.15) is 0 Å². The predicted octanol–water partition coefficient (Wildman–Crippen LogP) is 1.76. The molecule has 0 bridgehead atoms. The molecule has 1 atom stereocenters. The van der Waals surface area contributed by atoms with Crippen molar-refractivity contribution in [3.8, 4) is 0 Å². The molecule has 0 aliphatic carbocycles. The van der Waals surface area contributed by atoms with E-state index in [1.807, 2.05) is 18.2 Å². The number of nitrogens with one attached hydrogen (secondary N) is 2. The third kappa shape index (κ3) is 3.50. The first-order valence-electron chi connectivity index (χ1n) is 9.17. The molecule has 2 aliphatic rings. The lowest BCUT2D eigenvalue weighted by Gasteiger charge is -2.27. The average Bonchev–Trinajstić information content (AvgIpc) is 3.10. The maximum absolute atomic E-state index is 12.8. The van der Waals surface area contributed by atoms with Crippen molar-refractivity contribution < 1.29 is 13.2 Å². The van der Waals surface area contributed by atoms with Crippen LogP contribution < -0.4 is 14.9 Å². The van der Waals surface area contributed by atoms with Crippen LogP contribution in [0.15, 0.2) is 47.4 Å². The molecule has 2 aromatic carbocycles. The second kappa shape index (κ2) is 7.07. The highest BCUT2D eigenvalue weighted by atomic mass is 32.2. The van der Waals surface area contributed by atoms with Gasteiger partial charge in [-0.2, -0.15) is 0 Å². The van der Waals surface area contributed by atoms with Crippen molar-refractivity contribution in [2.75, 3.05) is 24.5 Å². The Morgan fingerprint density at radius 2 is 2.00 bits per heavy atom. The molecular weight excluding hydrogens is 362 g/mol. The molecule has 2 N–H and O–H groups in total. The minimum Gasteiger partial charge on any atom is -0.312 e. The van der Waals surface area contributed by atoms with Gasteiger partial charge in [0, 0.05) is 31.7 Å². The number of hydrogen-bond acceptors (Lipinski definition) is 4. The summed E-state index contributed by atoms with van der Waals surface area (Å²) >= 11 is 0. The first kappa shape index (κ1) is 18.2. The highest BCUT2D eigenvalue weighted by Gasteiger charge is 2.26. The lowest BCUT2D eigenvalue weighted by molar-refractivity contribution is -0.116. The van der Waals surface area contributed by atoms with E-state index in [0.29, 0.717) is 19.5 Å². The van der Waals surface area contributed by atoms with E-state index >= 15 is 0 Å². The molecule has 0 aromatic heterocycles. The maximum Gasteiger partial charge on any atom is 0.240 e. The summed E-state index contributed by atoms with van der Waals surface area (Å²) in [6.45, 7) is 3.26. The smallest absolute Gasteiger partial charge is 0.240 e. The average molecular weight is 385 g/mol. The van der Waals surface area contributed by atoms with Gasteiger partial charge in [-0.15, -0.1) is 0 Å². The van der Waals surface area contributed by atoms with Gasteiger partial charge in [-0.05, 0) is 54.3 Å². The van der Waals surface area contributed by atoms with E-state index in [1.54, 1.807) is 23.1 Å². The van der Waals surface area contributed by atoms with E-state index < -0.39 is 10.0 Å². The number of anilines is 1. The number of amides is 1. The number of hydrogen-bond donors (Lipinski definition) is 2. The predicted molar refractivity (Wildman–Crippen MR) is 104 cm³/mol. The van der Waals surface area contributed by atoms with Crippen molar-refractivity contribution in [3.05, 3.63) is 59.2 Å². The summed E-state index contributed by atoms with van der Waals surface area (Å²) in [6.07, 6.45) is 1.63. The number of rotatable bonds is 4. The van der Waals surface area contributed by atoms with Crippen LogP contribution in [0.25, 0.3) is 0 Å². The van der Waals surface area contributed by atoms with Crippen LogP contribution in [0, 0.1) is 0 Å². The standard InChI is InChI=1S/C20H23N3O3S/c1-14(24)23-11-9-16-12-17(6-7-20(16)23)27(25,26)22-13-19-18-5-3-2-4-15(18)8-10-21-19/h2-7,12,19,21-22H,8-11,13H2,1H3. The lowest BCUT2D eigenvalue weighted by Crippen LogP contribution is -2.38. The normalized spacial score (nSPS) is 18.9. The fourth-order valence-corrected chi connectivity index (χ4v) is 5.02. The first-order chi connectivity index (χ1) is 13.0. The largest absolute Gasteiger partial charge is 0.312 e. The number of nitrogens with zero attached hydrogens (tertiary/aromatic N) is 1. The van der Waals surface area contributed by atoms with Gasteiger partial charge in [-0.3, -0.25) is 4.79 Å². The lowest BCUT2D eigenvalue weighted by atomic mass is 9.95. The zero-order valence-electron chi connectivity index (χ0n) is 15.2. The molecule has 27 heavy (non-hydrogen) atoms. The van der Waals surface area contributed by atoms with Gasteiger partial charge in [0.05, 0.1) is 4.90 Å². The van der Waals surface area contributed by atoms with Crippen LogP contribution in [0.2, 0.25) is 0 Å². The van der Waals surface area contributed by atoms with Crippen LogP contribution in [0.4, 0.5) is 5.69 Å². The third-order valence-electron chi connectivity index (χ3n) is 5.33. The van der Waals surface area contributed by atoms with Gasteiger partial charge < -0.3 is 10.2 Å². The second-order valence-corrected chi connectivity index (χ2v) is 8.79. The summed E-state index contributed by atoms with van der Waals surface area (Å²) in [7, 11) is -3.61. The summed E-state index contributed by atoms with van der Waals surface area (Å²) in [5, 5.41) is 3.39. The number of sulfonamides is 1.